The van der Waals surface area contributed by atoms with Gasteiger partial charge in [0.25, 0.3) is 5.69 Å². The van der Waals surface area contributed by atoms with E-state index in [1.165, 1.54) is 31.4 Å². The highest BCUT2D eigenvalue weighted by Gasteiger charge is 2.18. The molecule has 0 saturated carbocycles. The highest BCUT2D eigenvalue weighted by Crippen LogP contribution is 2.25. The third-order valence-electron chi connectivity index (χ3n) is 2.89. The number of carbonyl (C=O) groups is 1. The number of benzene rings is 2. The van der Waals surface area contributed by atoms with Crippen LogP contribution in [0.1, 0.15) is 15.9 Å². The van der Waals surface area contributed by atoms with Crippen molar-refractivity contribution in [3.05, 3.63) is 69.5 Å². The second kappa shape index (κ2) is 6.66. The Labute approximate surface area is 125 Å². The molecule has 2 rings (SSSR count). The number of hydrogen-bond donors (Lipinski definition) is 0. The number of nitro groups is 1. The first kappa shape index (κ1) is 15.4. The van der Waals surface area contributed by atoms with Gasteiger partial charge in [-0.2, -0.15) is 0 Å². The summed E-state index contributed by atoms with van der Waals surface area (Å²) in [5, 5.41) is 10.8. The zero-order chi connectivity index (χ0) is 16.1. The van der Waals surface area contributed by atoms with Gasteiger partial charge in [-0.05, 0) is 23.8 Å². The first-order chi connectivity index (χ1) is 10.5. The highest BCUT2D eigenvalue weighted by atomic mass is 19.1. The minimum Gasteiger partial charge on any atom is -0.488 e. The first-order valence-corrected chi connectivity index (χ1v) is 6.25. The minimum atomic E-state index is -0.738. The Kier molecular flexibility index (Phi) is 4.67. The fourth-order valence-electron chi connectivity index (χ4n) is 1.77. The molecule has 2 aromatic rings. The van der Waals surface area contributed by atoms with Crippen LogP contribution in [0.15, 0.2) is 42.5 Å². The minimum absolute atomic E-state index is 0.0428. The standard InChI is InChI=1S/C15H12FNO5/c1-21-15(18)13-8-12(17(19)20)6-7-14(13)22-9-10-2-4-11(16)5-3-10/h2-8H,9H2,1H3. The number of hydrogen-bond acceptors (Lipinski definition) is 5. The molecule has 0 spiro atoms. The van der Waals surface area contributed by atoms with Gasteiger partial charge in [0, 0.05) is 12.1 Å². The number of non-ortho nitro benzene ring substituents is 1. The van der Waals surface area contributed by atoms with Gasteiger partial charge in [-0.1, -0.05) is 12.1 Å². The Morgan fingerprint density at radius 3 is 2.50 bits per heavy atom. The second-order valence-electron chi connectivity index (χ2n) is 4.34. The van der Waals surface area contributed by atoms with E-state index >= 15 is 0 Å². The van der Waals surface area contributed by atoms with Crippen molar-refractivity contribution in [1.29, 1.82) is 0 Å². The molecule has 0 radical (unpaired) electrons. The van der Waals surface area contributed by atoms with Crippen LogP contribution in [0.25, 0.3) is 0 Å². The highest BCUT2D eigenvalue weighted by molar-refractivity contribution is 5.93. The van der Waals surface area contributed by atoms with Gasteiger partial charge in [0.15, 0.2) is 0 Å². The molecule has 0 N–H and O–H groups in total. The molecule has 0 unspecified atom stereocenters. The molecule has 0 bridgehead atoms. The average molecular weight is 305 g/mol. The number of ether oxygens (including phenoxy) is 2. The van der Waals surface area contributed by atoms with Crippen LogP contribution in [0.4, 0.5) is 10.1 Å². The Morgan fingerprint density at radius 2 is 1.91 bits per heavy atom. The van der Waals surface area contributed by atoms with Crippen molar-refractivity contribution in [1.82, 2.24) is 0 Å². The van der Waals surface area contributed by atoms with E-state index in [-0.39, 0.29) is 29.4 Å². The molecule has 0 aliphatic heterocycles. The van der Waals surface area contributed by atoms with Crippen molar-refractivity contribution in [2.45, 2.75) is 6.61 Å². The first-order valence-electron chi connectivity index (χ1n) is 6.25. The van der Waals surface area contributed by atoms with E-state index < -0.39 is 10.9 Å². The van der Waals surface area contributed by atoms with E-state index in [2.05, 4.69) is 4.74 Å². The molecule has 22 heavy (non-hydrogen) atoms. The monoisotopic (exact) mass is 305 g/mol. The van der Waals surface area contributed by atoms with Gasteiger partial charge in [0.1, 0.15) is 23.7 Å². The number of nitrogens with zero attached hydrogens (tertiary/aromatic N) is 1. The largest absolute Gasteiger partial charge is 0.488 e. The van der Waals surface area contributed by atoms with Gasteiger partial charge in [0.05, 0.1) is 12.0 Å². The summed E-state index contributed by atoms with van der Waals surface area (Å²) in [6.07, 6.45) is 0. The maximum atomic E-state index is 12.8. The van der Waals surface area contributed by atoms with Crippen LogP contribution in [-0.4, -0.2) is 18.0 Å². The Morgan fingerprint density at radius 1 is 1.23 bits per heavy atom. The smallest absolute Gasteiger partial charge is 0.341 e. The van der Waals surface area contributed by atoms with Crippen molar-refractivity contribution in [3.63, 3.8) is 0 Å². The number of rotatable bonds is 5. The number of halogens is 1. The van der Waals surface area contributed by atoms with Gasteiger partial charge < -0.3 is 9.47 Å². The van der Waals surface area contributed by atoms with Gasteiger partial charge in [0.2, 0.25) is 0 Å². The molecule has 2 aromatic carbocycles. The molecule has 0 atom stereocenters. The molecule has 0 saturated heterocycles. The Bertz CT molecular complexity index is 700. The molecule has 0 fully saturated rings. The van der Waals surface area contributed by atoms with Crippen LogP contribution < -0.4 is 4.74 Å². The van der Waals surface area contributed by atoms with Crippen LogP contribution >= 0.6 is 0 Å². The van der Waals surface area contributed by atoms with E-state index in [1.807, 2.05) is 0 Å². The predicted octanol–water partition coefficient (Wildman–Crippen LogP) is 3.10. The van der Waals surface area contributed by atoms with E-state index in [1.54, 1.807) is 12.1 Å². The quantitative estimate of drug-likeness (QED) is 0.482. The molecule has 0 aliphatic carbocycles. The summed E-state index contributed by atoms with van der Waals surface area (Å²) in [5.41, 5.74) is 0.406. The lowest BCUT2D eigenvalue weighted by Gasteiger charge is -2.10. The summed E-state index contributed by atoms with van der Waals surface area (Å²) in [5.74, 6) is -0.950. The predicted molar refractivity (Wildman–Crippen MR) is 75.2 cm³/mol. The van der Waals surface area contributed by atoms with Gasteiger partial charge >= 0.3 is 5.97 Å². The molecule has 0 aliphatic rings. The molecule has 0 heterocycles. The summed E-state index contributed by atoms with van der Waals surface area (Å²) in [6, 6.07) is 9.30. The van der Waals surface area contributed by atoms with Crippen LogP contribution in [0.3, 0.4) is 0 Å². The van der Waals surface area contributed by atoms with Crippen molar-refractivity contribution < 1.29 is 23.6 Å². The summed E-state index contributed by atoms with van der Waals surface area (Å²) in [4.78, 5) is 21.8. The molecule has 114 valence electrons. The zero-order valence-corrected chi connectivity index (χ0v) is 11.6. The molecule has 0 amide bonds. The zero-order valence-electron chi connectivity index (χ0n) is 11.6. The summed E-state index contributed by atoms with van der Waals surface area (Å²) >= 11 is 0. The lowest BCUT2D eigenvalue weighted by Crippen LogP contribution is -2.06. The second-order valence-corrected chi connectivity index (χ2v) is 4.34. The summed E-state index contributed by atoms with van der Waals surface area (Å²) < 4.78 is 22.9. The Hall–Kier alpha value is -2.96. The van der Waals surface area contributed by atoms with Crippen LogP contribution in [0.2, 0.25) is 0 Å². The van der Waals surface area contributed by atoms with Crippen molar-refractivity contribution in [2.24, 2.45) is 0 Å². The van der Waals surface area contributed by atoms with E-state index in [4.69, 9.17) is 4.74 Å². The fraction of sp³-hybridized carbons (Fsp3) is 0.133. The molecular weight excluding hydrogens is 293 g/mol. The lowest BCUT2D eigenvalue weighted by atomic mass is 10.1. The van der Waals surface area contributed by atoms with E-state index in [0.29, 0.717) is 5.56 Å². The summed E-state index contributed by atoms with van der Waals surface area (Å²) in [7, 11) is 1.17. The summed E-state index contributed by atoms with van der Waals surface area (Å²) in [6.45, 7) is 0.0854. The van der Waals surface area contributed by atoms with Gasteiger partial charge in [-0.15, -0.1) is 0 Å². The Balaban J connectivity index is 2.23. The number of esters is 1. The van der Waals surface area contributed by atoms with Crippen molar-refractivity contribution in [3.8, 4) is 5.75 Å². The molecule has 0 aromatic heterocycles. The van der Waals surface area contributed by atoms with Crippen molar-refractivity contribution in [2.75, 3.05) is 7.11 Å². The number of nitro benzene ring substituents is 1. The van der Waals surface area contributed by atoms with E-state index in [0.717, 1.165) is 6.07 Å². The van der Waals surface area contributed by atoms with Gasteiger partial charge in [-0.25, -0.2) is 9.18 Å². The maximum absolute atomic E-state index is 12.8. The third-order valence-corrected chi connectivity index (χ3v) is 2.89. The van der Waals surface area contributed by atoms with Gasteiger partial charge in [-0.3, -0.25) is 10.1 Å². The third kappa shape index (κ3) is 3.57. The lowest BCUT2D eigenvalue weighted by molar-refractivity contribution is -0.384. The topological polar surface area (TPSA) is 78.7 Å². The SMILES string of the molecule is COC(=O)c1cc([N+](=O)[O-])ccc1OCc1ccc(F)cc1. The van der Waals surface area contributed by atoms with Crippen LogP contribution in [0.5, 0.6) is 5.75 Å². The molecule has 6 nitrogen and oxygen atoms in total. The van der Waals surface area contributed by atoms with Crippen LogP contribution in [0, 0.1) is 15.9 Å². The normalized spacial score (nSPS) is 10.1. The van der Waals surface area contributed by atoms with Crippen LogP contribution in [-0.2, 0) is 11.3 Å². The molecular formula is C15H12FNO5. The number of carbonyl (C=O) groups excluding carboxylic acids is 1. The van der Waals surface area contributed by atoms with E-state index in [9.17, 15) is 19.3 Å². The molecule has 7 heteroatoms. The fourth-order valence-corrected chi connectivity index (χ4v) is 1.77. The average Bonchev–Trinajstić information content (AvgIpc) is 2.53. The van der Waals surface area contributed by atoms with Crippen molar-refractivity contribution >= 4 is 11.7 Å². The number of methoxy groups -OCH3 is 1. The maximum Gasteiger partial charge on any atom is 0.341 e.